The molecule has 1 aromatic carbocycles. The van der Waals surface area contributed by atoms with Crippen molar-refractivity contribution in [2.24, 2.45) is 0 Å². The zero-order valence-corrected chi connectivity index (χ0v) is 10.5. The van der Waals surface area contributed by atoms with Crippen molar-refractivity contribution in [3.05, 3.63) is 29.8 Å². The van der Waals surface area contributed by atoms with Crippen molar-refractivity contribution in [3.63, 3.8) is 0 Å². The number of hydrogen-bond donors (Lipinski definition) is 0. The van der Waals surface area contributed by atoms with Gasteiger partial charge in [0.15, 0.2) is 0 Å². The molecular formula is C14H17NO3. The average Bonchev–Trinajstić information content (AvgIpc) is 2.92. The van der Waals surface area contributed by atoms with Crippen LogP contribution in [0.15, 0.2) is 24.3 Å². The molecule has 0 radical (unpaired) electrons. The fourth-order valence-electron chi connectivity index (χ4n) is 2.13. The number of Topliss-reactive ketones (excluding diaryl/α,β-unsaturated/α-hetero) is 1. The fraction of sp³-hybridized carbons (Fsp3) is 0.429. The molecule has 1 aliphatic rings. The molecule has 4 nitrogen and oxygen atoms in total. The van der Waals surface area contributed by atoms with Gasteiger partial charge in [0.25, 0.3) is 5.78 Å². The second kappa shape index (κ2) is 5.67. The van der Waals surface area contributed by atoms with Gasteiger partial charge in [-0.05, 0) is 31.9 Å². The van der Waals surface area contributed by atoms with Gasteiger partial charge < -0.3 is 9.64 Å². The second-order valence-corrected chi connectivity index (χ2v) is 4.29. The van der Waals surface area contributed by atoms with Gasteiger partial charge in [-0.15, -0.1) is 0 Å². The van der Waals surface area contributed by atoms with Crippen molar-refractivity contribution in [1.82, 2.24) is 0 Å². The molecule has 0 aromatic heterocycles. The van der Waals surface area contributed by atoms with Crippen LogP contribution >= 0.6 is 0 Å². The average molecular weight is 247 g/mol. The Morgan fingerprint density at radius 1 is 1.28 bits per heavy atom. The van der Waals surface area contributed by atoms with Crippen LogP contribution in [0.4, 0.5) is 5.69 Å². The Kier molecular flexibility index (Phi) is 3.97. The van der Waals surface area contributed by atoms with Crippen LogP contribution in [0.25, 0.3) is 0 Å². The summed E-state index contributed by atoms with van der Waals surface area (Å²) in [4.78, 5) is 25.4. The predicted octanol–water partition coefficient (Wildman–Crippen LogP) is 2.03. The Morgan fingerprint density at radius 2 is 2.00 bits per heavy atom. The molecule has 0 amide bonds. The first-order valence-corrected chi connectivity index (χ1v) is 6.29. The van der Waals surface area contributed by atoms with Gasteiger partial charge in [-0.3, -0.25) is 4.79 Å². The van der Waals surface area contributed by atoms with E-state index in [1.54, 1.807) is 25.1 Å². The Morgan fingerprint density at radius 3 is 2.67 bits per heavy atom. The van der Waals surface area contributed by atoms with E-state index in [0.29, 0.717) is 5.56 Å². The molecule has 18 heavy (non-hydrogen) atoms. The van der Waals surface area contributed by atoms with Crippen LogP contribution in [0.3, 0.4) is 0 Å². The maximum absolute atomic E-state index is 11.8. The Bertz CT molecular complexity index is 450. The number of ether oxygens (including phenoxy) is 1. The molecule has 1 aliphatic heterocycles. The summed E-state index contributed by atoms with van der Waals surface area (Å²) in [6, 6.07) is 7.19. The first-order valence-electron chi connectivity index (χ1n) is 6.29. The molecule has 2 rings (SSSR count). The standard InChI is InChI=1S/C14H17NO3/c1-2-18-14(17)13(16)11-6-5-7-12(10-11)15-8-3-4-9-15/h5-7,10H,2-4,8-9H2,1H3. The third-order valence-electron chi connectivity index (χ3n) is 3.04. The van der Waals surface area contributed by atoms with Crippen LogP contribution < -0.4 is 4.90 Å². The van der Waals surface area contributed by atoms with E-state index < -0.39 is 11.8 Å². The van der Waals surface area contributed by atoms with Crippen molar-refractivity contribution < 1.29 is 14.3 Å². The lowest BCUT2D eigenvalue weighted by atomic mass is 10.1. The van der Waals surface area contributed by atoms with Gasteiger partial charge in [0.2, 0.25) is 0 Å². The Labute approximate surface area is 107 Å². The number of rotatable bonds is 4. The summed E-state index contributed by atoms with van der Waals surface area (Å²) in [5, 5.41) is 0. The number of nitrogens with zero attached hydrogens (tertiary/aromatic N) is 1. The summed E-state index contributed by atoms with van der Waals surface area (Å²) < 4.78 is 4.72. The van der Waals surface area contributed by atoms with Gasteiger partial charge in [-0.25, -0.2) is 4.79 Å². The quantitative estimate of drug-likeness (QED) is 0.464. The molecule has 0 saturated carbocycles. The first-order chi connectivity index (χ1) is 8.72. The molecule has 0 bridgehead atoms. The van der Waals surface area contributed by atoms with E-state index in [9.17, 15) is 9.59 Å². The molecule has 96 valence electrons. The monoisotopic (exact) mass is 247 g/mol. The van der Waals surface area contributed by atoms with Gasteiger partial charge in [0.1, 0.15) is 0 Å². The molecule has 4 heteroatoms. The number of esters is 1. The topological polar surface area (TPSA) is 46.6 Å². The Hall–Kier alpha value is -1.84. The third kappa shape index (κ3) is 2.70. The fourth-order valence-corrected chi connectivity index (χ4v) is 2.13. The van der Waals surface area contributed by atoms with E-state index in [-0.39, 0.29) is 6.61 Å². The molecule has 0 unspecified atom stereocenters. The first kappa shape index (κ1) is 12.6. The number of anilines is 1. The van der Waals surface area contributed by atoms with Crippen LogP contribution in [0.2, 0.25) is 0 Å². The highest BCUT2D eigenvalue weighted by molar-refractivity contribution is 6.40. The smallest absolute Gasteiger partial charge is 0.379 e. The predicted molar refractivity (Wildman–Crippen MR) is 68.9 cm³/mol. The number of carbonyl (C=O) groups is 2. The van der Waals surface area contributed by atoms with E-state index in [1.165, 1.54) is 12.8 Å². The van der Waals surface area contributed by atoms with Crippen LogP contribution in [-0.4, -0.2) is 31.4 Å². The lowest BCUT2D eigenvalue weighted by molar-refractivity contribution is -0.137. The Balaban J connectivity index is 2.16. The molecule has 0 atom stereocenters. The van der Waals surface area contributed by atoms with Crippen molar-refractivity contribution in [2.75, 3.05) is 24.6 Å². The zero-order valence-electron chi connectivity index (χ0n) is 10.5. The van der Waals surface area contributed by atoms with E-state index >= 15 is 0 Å². The number of carbonyl (C=O) groups excluding carboxylic acids is 2. The molecule has 1 heterocycles. The van der Waals surface area contributed by atoms with Crippen molar-refractivity contribution in [3.8, 4) is 0 Å². The summed E-state index contributed by atoms with van der Waals surface area (Å²) in [5.74, 6) is -1.35. The molecule has 0 aliphatic carbocycles. The number of hydrogen-bond acceptors (Lipinski definition) is 4. The number of ketones is 1. The van der Waals surface area contributed by atoms with Crippen LogP contribution in [0, 0.1) is 0 Å². The van der Waals surface area contributed by atoms with Gasteiger partial charge in [0.05, 0.1) is 6.61 Å². The zero-order chi connectivity index (χ0) is 13.0. The molecule has 1 aromatic rings. The lowest BCUT2D eigenvalue weighted by Crippen LogP contribution is -2.20. The highest BCUT2D eigenvalue weighted by Gasteiger charge is 2.19. The maximum Gasteiger partial charge on any atom is 0.379 e. The van der Waals surface area contributed by atoms with Crippen LogP contribution in [0.5, 0.6) is 0 Å². The van der Waals surface area contributed by atoms with Crippen LogP contribution in [0.1, 0.15) is 30.1 Å². The van der Waals surface area contributed by atoms with E-state index in [1.807, 2.05) is 6.07 Å². The summed E-state index contributed by atoms with van der Waals surface area (Å²) >= 11 is 0. The molecular weight excluding hydrogens is 230 g/mol. The molecule has 0 spiro atoms. The van der Waals surface area contributed by atoms with E-state index in [2.05, 4.69) is 4.90 Å². The summed E-state index contributed by atoms with van der Waals surface area (Å²) in [6.45, 7) is 3.93. The largest absolute Gasteiger partial charge is 0.460 e. The highest BCUT2D eigenvalue weighted by atomic mass is 16.5. The minimum absolute atomic E-state index is 0.219. The van der Waals surface area contributed by atoms with E-state index in [0.717, 1.165) is 18.8 Å². The third-order valence-corrected chi connectivity index (χ3v) is 3.04. The normalized spacial score (nSPS) is 14.6. The van der Waals surface area contributed by atoms with E-state index in [4.69, 9.17) is 4.74 Å². The molecule has 0 N–H and O–H groups in total. The van der Waals surface area contributed by atoms with Gasteiger partial charge in [0, 0.05) is 24.3 Å². The molecule has 1 fully saturated rings. The summed E-state index contributed by atoms with van der Waals surface area (Å²) in [7, 11) is 0. The van der Waals surface area contributed by atoms with Crippen LogP contribution in [-0.2, 0) is 9.53 Å². The summed E-state index contributed by atoms with van der Waals surface area (Å²) in [5.41, 5.74) is 1.40. The molecule has 1 saturated heterocycles. The lowest BCUT2D eigenvalue weighted by Gasteiger charge is -2.17. The maximum atomic E-state index is 11.8. The highest BCUT2D eigenvalue weighted by Crippen LogP contribution is 2.21. The van der Waals surface area contributed by atoms with Crippen molar-refractivity contribution >= 4 is 17.4 Å². The van der Waals surface area contributed by atoms with Gasteiger partial charge in [-0.2, -0.15) is 0 Å². The van der Waals surface area contributed by atoms with Crippen molar-refractivity contribution in [2.45, 2.75) is 19.8 Å². The SMILES string of the molecule is CCOC(=O)C(=O)c1cccc(N2CCCC2)c1. The van der Waals surface area contributed by atoms with Gasteiger partial charge >= 0.3 is 5.97 Å². The second-order valence-electron chi connectivity index (χ2n) is 4.29. The van der Waals surface area contributed by atoms with Crippen molar-refractivity contribution in [1.29, 1.82) is 0 Å². The minimum Gasteiger partial charge on any atom is -0.460 e. The summed E-state index contributed by atoms with van der Waals surface area (Å²) in [6.07, 6.45) is 2.35. The number of benzene rings is 1. The minimum atomic E-state index is -0.781. The van der Waals surface area contributed by atoms with Gasteiger partial charge in [-0.1, -0.05) is 12.1 Å².